The molecule has 0 bridgehead atoms. The Balaban J connectivity index is 1.97. The standard InChI is InChI=1S/C17H16BrClN2O3/c1-11(22)21(2)14-5-3-4-13(9-14)20-17(23)10-24-16-7-6-12(19)8-15(16)18/h3-9H,10H2,1-2H3,(H,20,23). The van der Waals surface area contributed by atoms with Gasteiger partial charge >= 0.3 is 0 Å². The molecule has 0 aliphatic carbocycles. The van der Waals surface area contributed by atoms with Crippen molar-refractivity contribution in [3.8, 4) is 5.75 Å². The smallest absolute Gasteiger partial charge is 0.262 e. The number of carbonyl (C=O) groups is 2. The van der Waals surface area contributed by atoms with Gasteiger partial charge in [-0.25, -0.2) is 0 Å². The Morgan fingerprint density at radius 2 is 2.00 bits per heavy atom. The molecule has 0 fully saturated rings. The topological polar surface area (TPSA) is 58.6 Å². The summed E-state index contributed by atoms with van der Waals surface area (Å²) in [5, 5.41) is 3.31. The quantitative estimate of drug-likeness (QED) is 0.806. The zero-order valence-electron chi connectivity index (χ0n) is 13.2. The second-order valence-electron chi connectivity index (χ2n) is 5.04. The maximum atomic E-state index is 12.0. The van der Waals surface area contributed by atoms with Gasteiger partial charge in [0.1, 0.15) is 5.75 Å². The zero-order valence-corrected chi connectivity index (χ0v) is 15.5. The number of hydrogen-bond donors (Lipinski definition) is 1. The van der Waals surface area contributed by atoms with Crippen LogP contribution in [-0.4, -0.2) is 25.5 Å². The Hall–Kier alpha value is -2.05. The van der Waals surface area contributed by atoms with E-state index in [2.05, 4.69) is 21.2 Å². The first-order chi connectivity index (χ1) is 11.4. The molecule has 0 saturated heterocycles. The maximum Gasteiger partial charge on any atom is 0.262 e. The zero-order chi connectivity index (χ0) is 17.7. The molecule has 2 amide bonds. The number of hydrogen-bond acceptors (Lipinski definition) is 3. The third-order valence-corrected chi connectivity index (χ3v) is 4.10. The Bertz CT molecular complexity index is 767. The van der Waals surface area contributed by atoms with E-state index in [1.807, 2.05) is 0 Å². The van der Waals surface area contributed by atoms with Crippen molar-refractivity contribution in [1.29, 1.82) is 0 Å². The van der Waals surface area contributed by atoms with Crippen LogP contribution in [0.4, 0.5) is 11.4 Å². The normalized spacial score (nSPS) is 10.2. The van der Waals surface area contributed by atoms with Gasteiger partial charge in [0.25, 0.3) is 5.91 Å². The molecule has 0 aliphatic rings. The lowest BCUT2D eigenvalue weighted by molar-refractivity contribution is -0.118. The molecule has 0 spiro atoms. The molecule has 126 valence electrons. The van der Waals surface area contributed by atoms with Crippen molar-refractivity contribution >= 4 is 50.7 Å². The fraction of sp³-hybridized carbons (Fsp3) is 0.176. The van der Waals surface area contributed by atoms with Crippen molar-refractivity contribution in [2.45, 2.75) is 6.92 Å². The molecule has 0 saturated carbocycles. The average molecular weight is 412 g/mol. The van der Waals surface area contributed by atoms with Gasteiger partial charge in [0.2, 0.25) is 5.91 Å². The summed E-state index contributed by atoms with van der Waals surface area (Å²) in [5.74, 6) is 0.133. The molecular weight excluding hydrogens is 396 g/mol. The van der Waals surface area contributed by atoms with E-state index >= 15 is 0 Å². The molecule has 7 heteroatoms. The fourth-order valence-electron chi connectivity index (χ4n) is 1.91. The minimum absolute atomic E-state index is 0.0885. The predicted molar refractivity (Wildman–Crippen MR) is 98.8 cm³/mol. The lowest BCUT2D eigenvalue weighted by Gasteiger charge is -2.16. The van der Waals surface area contributed by atoms with Crippen molar-refractivity contribution in [1.82, 2.24) is 0 Å². The second kappa shape index (κ2) is 8.17. The van der Waals surface area contributed by atoms with Gasteiger partial charge in [0.05, 0.1) is 4.47 Å². The first kappa shape index (κ1) is 18.3. The van der Waals surface area contributed by atoms with Crippen molar-refractivity contribution in [2.24, 2.45) is 0 Å². The molecule has 0 heterocycles. The SMILES string of the molecule is CC(=O)N(C)c1cccc(NC(=O)COc2ccc(Cl)cc2Br)c1. The lowest BCUT2D eigenvalue weighted by Crippen LogP contribution is -2.23. The molecular formula is C17H16BrClN2O3. The molecule has 1 N–H and O–H groups in total. The van der Waals surface area contributed by atoms with Crippen molar-refractivity contribution < 1.29 is 14.3 Å². The van der Waals surface area contributed by atoms with Gasteiger partial charge in [-0.2, -0.15) is 0 Å². The van der Waals surface area contributed by atoms with Gasteiger partial charge in [-0.15, -0.1) is 0 Å². The highest BCUT2D eigenvalue weighted by Gasteiger charge is 2.09. The van der Waals surface area contributed by atoms with Gasteiger partial charge in [-0.05, 0) is 52.3 Å². The Morgan fingerprint density at radius 1 is 1.25 bits per heavy atom. The van der Waals surface area contributed by atoms with Gasteiger partial charge in [0.15, 0.2) is 6.61 Å². The van der Waals surface area contributed by atoms with E-state index in [0.717, 1.165) is 0 Å². The first-order valence-electron chi connectivity index (χ1n) is 7.09. The van der Waals surface area contributed by atoms with E-state index in [4.69, 9.17) is 16.3 Å². The highest BCUT2D eigenvalue weighted by Crippen LogP contribution is 2.28. The molecule has 0 unspecified atom stereocenters. The summed E-state index contributed by atoms with van der Waals surface area (Å²) < 4.78 is 6.13. The Labute approximate surface area is 153 Å². The second-order valence-corrected chi connectivity index (χ2v) is 6.33. The third-order valence-electron chi connectivity index (χ3n) is 3.24. The van der Waals surface area contributed by atoms with Crippen LogP contribution in [0.1, 0.15) is 6.92 Å². The number of benzene rings is 2. The number of rotatable bonds is 5. The summed E-state index contributed by atoms with van der Waals surface area (Å²) in [6.07, 6.45) is 0. The van der Waals surface area contributed by atoms with E-state index in [0.29, 0.717) is 26.6 Å². The van der Waals surface area contributed by atoms with E-state index in [-0.39, 0.29) is 18.4 Å². The molecule has 24 heavy (non-hydrogen) atoms. The summed E-state index contributed by atoms with van der Waals surface area (Å²) in [6.45, 7) is 1.33. The molecule has 2 aromatic carbocycles. The highest BCUT2D eigenvalue weighted by atomic mass is 79.9. The van der Waals surface area contributed by atoms with Crippen LogP contribution in [-0.2, 0) is 9.59 Å². The maximum absolute atomic E-state index is 12.0. The van der Waals surface area contributed by atoms with E-state index in [9.17, 15) is 9.59 Å². The molecule has 0 aromatic heterocycles. The summed E-state index contributed by atoms with van der Waals surface area (Å²) in [4.78, 5) is 24.9. The van der Waals surface area contributed by atoms with Crippen LogP contribution >= 0.6 is 27.5 Å². The van der Waals surface area contributed by atoms with E-state index in [1.54, 1.807) is 49.5 Å². The molecule has 5 nitrogen and oxygen atoms in total. The third kappa shape index (κ3) is 4.97. The number of carbonyl (C=O) groups excluding carboxylic acids is 2. The lowest BCUT2D eigenvalue weighted by atomic mass is 10.2. The molecule has 0 radical (unpaired) electrons. The van der Waals surface area contributed by atoms with Crippen molar-refractivity contribution in [3.05, 3.63) is 52.0 Å². The number of amides is 2. The molecule has 0 atom stereocenters. The highest BCUT2D eigenvalue weighted by molar-refractivity contribution is 9.10. The summed E-state index contributed by atoms with van der Waals surface area (Å²) in [5.41, 5.74) is 1.28. The van der Waals surface area contributed by atoms with Crippen molar-refractivity contribution in [2.75, 3.05) is 23.9 Å². The first-order valence-corrected chi connectivity index (χ1v) is 8.26. The van der Waals surface area contributed by atoms with Gasteiger partial charge in [0, 0.05) is 30.4 Å². The van der Waals surface area contributed by atoms with Crippen LogP contribution in [0.5, 0.6) is 5.75 Å². The van der Waals surface area contributed by atoms with Gasteiger partial charge in [-0.3, -0.25) is 9.59 Å². The largest absolute Gasteiger partial charge is 0.483 e. The summed E-state index contributed by atoms with van der Waals surface area (Å²) in [7, 11) is 1.67. The van der Waals surface area contributed by atoms with Crippen molar-refractivity contribution in [3.63, 3.8) is 0 Å². The van der Waals surface area contributed by atoms with Crippen LogP contribution in [0.3, 0.4) is 0 Å². The minimum Gasteiger partial charge on any atom is -0.483 e. The van der Waals surface area contributed by atoms with Crippen LogP contribution < -0.4 is 15.0 Å². The minimum atomic E-state index is -0.306. The van der Waals surface area contributed by atoms with Gasteiger partial charge < -0.3 is 15.0 Å². The number of anilines is 2. The molecule has 0 aliphatic heterocycles. The van der Waals surface area contributed by atoms with Crippen LogP contribution in [0.15, 0.2) is 46.9 Å². The number of ether oxygens (including phenoxy) is 1. The monoisotopic (exact) mass is 410 g/mol. The Kier molecular flexibility index (Phi) is 6.23. The number of halogens is 2. The number of nitrogens with zero attached hydrogens (tertiary/aromatic N) is 1. The molecule has 2 rings (SSSR count). The summed E-state index contributed by atoms with van der Waals surface area (Å²) >= 11 is 9.18. The summed E-state index contributed by atoms with van der Waals surface area (Å²) in [6, 6.07) is 12.1. The van der Waals surface area contributed by atoms with Crippen LogP contribution in [0.2, 0.25) is 5.02 Å². The van der Waals surface area contributed by atoms with E-state index < -0.39 is 0 Å². The van der Waals surface area contributed by atoms with Gasteiger partial charge in [-0.1, -0.05) is 17.7 Å². The Morgan fingerprint density at radius 3 is 2.67 bits per heavy atom. The molecule has 2 aromatic rings. The fourth-order valence-corrected chi connectivity index (χ4v) is 2.70. The van der Waals surface area contributed by atoms with E-state index in [1.165, 1.54) is 11.8 Å². The van der Waals surface area contributed by atoms with Crippen LogP contribution in [0.25, 0.3) is 0 Å². The van der Waals surface area contributed by atoms with Crippen LogP contribution in [0, 0.1) is 0 Å². The predicted octanol–water partition coefficient (Wildman–Crippen LogP) is 4.10. The average Bonchev–Trinajstić information content (AvgIpc) is 2.53. The number of nitrogens with one attached hydrogen (secondary N) is 1.